The van der Waals surface area contributed by atoms with Crippen molar-refractivity contribution in [2.75, 3.05) is 33.4 Å². The molecular formula is C10H19ClF2N2O2. The Morgan fingerprint density at radius 2 is 2.18 bits per heavy atom. The van der Waals surface area contributed by atoms with Gasteiger partial charge in [0.05, 0.1) is 19.7 Å². The number of halogens is 3. The topological polar surface area (TPSA) is 41.6 Å². The largest absolute Gasteiger partial charge is 0.383 e. The van der Waals surface area contributed by atoms with Crippen LogP contribution in [-0.4, -0.2) is 56.6 Å². The Morgan fingerprint density at radius 1 is 1.53 bits per heavy atom. The molecule has 0 bridgehead atoms. The molecule has 1 fully saturated rings. The molecule has 1 rings (SSSR count). The Bertz CT molecular complexity index is 228. The molecule has 102 valence electrons. The van der Waals surface area contributed by atoms with Gasteiger partial charge in [0, 0.05) is 19.7 Å². The minimum Gasteiger partial charge on any atom is -0.383 e. The van der Waals surface area contributed by atoms with Crippen molar-refractivity contribution < 1.29 is 18.3 Å². The summed E-state index contributed by atoms with van der Waals surface area (Å²) in [4.78, 5) is 12.9. The fourth-order valence-electron chi connectivity index (χ4n) is 1.46. The predicted octanol–water partition coefficient (Wildman–Crippen LogP) is 0.900. The van der Waals surface area contributed by atoms with Gasteiger partial charge in [0.1, 0.15) is 0 Å². The molecule has 0 heterocycles. The molecule has 1 N–H and O–H groups in total. The van der Waals surface area contributed by atoms with Crippen LogP contribution in [-0.2, 0) is 9.53 Å². The summed E-state index contributed by atoms with van der Waals surface area (Å²) < 4.78 is 29.3. The van der Waals surface area contributed by atoms with Crippen molar-refractivity contribution in [2.45, 2.75) is 25.3 Å². The number of ether oxygens (including phenoxy) is 1. The number of carbonyl (C=O) groups is 1. The van der Waals surface area contributed by atoms with Gasteiger partial charge in [-0.2, -0.15) is 0 Å². The van der Waals surface area contributed by atoms with Gasteiger partial charge in [0.15, 0.2) is 0 Å². The normalized spacial score (nSPS) is 14.6. The van der Waals surface area contributed by atoms with Crippen molar-refractivity contribution in [3.63, 3.8) is 0 Å². The number of nitrogens with one attached hydrogen (secondary N) is 1. The van der Waals surface area contributed by atoms with Gasteiger partial charge in [-0.25, -0.2) is 8.78 Å². The number of hydrogen-bond donors (Lipinski definition) is 1. The number of rotatable bonds is 8. The quantitative estimate of drug-likeness (QED) is 0.668. The van der Waals surface area contributed by atoms with Gasteiger partial charge < -0.3 is 15.0 Å². The number of nitrogens with zero attached hydrogens (tertiary/aromatic N) is 1. The van der Waals surface area contributed by atoms with Gasteiger partial charge in [-0.1, -0.05) is 0 Å². The Balaban J connectivity index is 0.00000256. The van der Waals surface area contributed by atoms with E-state index in [0.29, 0.717) is 13.2 Å². The second-order valence-corrected chi connectivity index (χ2v) is 3.84. The first-order valence-electron chi connectivity index (χ1n) is 5.42. The molecule has 0 aromatic heterocycles. The third kappa shape index (κ3) is 6.75. The van der Waals surface area contributed by atoms with Crippen LogP contribution in [0.25, 0.3) is 0 Å². The standard InChI is InChI=1S/C10H18F2N2O2.ClH/c1-16-5-4-13-6-10(15)14(7-9(11)12)8-2-3-8;/h8-9,13H,2-7H2,1H3;1H. The van der Waals surface area contributed by atoms with Crippen molar-refractivity contribution in [1.82, 2.24) is 10.2 Å². The molecule has 0 aromatic carbocycles. The van der Waals surface area contributed by atoms with Crippen LogP contribution in [0.2, 0.25) is 0 Å². The van der Waals surface area contributed by atoms with Gasteiger partial charge in [-0.3, -0.25) is 4.79 Å². The molecular weight excluding hydrogens is 254 g/mol. The van der Waals surface area contributed by atoms with Crippen LogP contribution in [0, 0.1) is 0 Å². The lowest BCUT2D eigenvalue weighted by Gasteiger charge is -2.22. The van der Waals surface area contributed by atoms with Crippen LogP contribution in [0.4, 0.5) is 8.78 Å². The minimum atomic E-state index is -2.46. The second-order valence-electron chi connectivity index (χ2n) is 3.84. The number of alkyl halides is 2. The summed E-state index contributed by atoms with van der Waals surface area (Å²) in [6, 6.07) is 0.0331. The summed E-state index contributed by atoms with van der Waals surface area (Å²) >= 11 is 0. The maximum absolute atomic E-state index is 12.2. The van der Waals surface area contributed by atoms with Crippen LogP contribution in [0.3, 0.4) is 0 Å². The maximum atomic E-state index is 12.2. The van der Waals surface area contributed by atoms with Gasteiger partial charge in [-0.05, 0) is 12.8 Å². The third-order valence-electron chi connectivity index (χ3n) is 2.40. The predicted molar refractivity (Wildman–Crippen MR) is 62.7 cm³/mol. The first kappa shape index (κ1) is 16.5. The van der Waals surface area contributed by atoms with Crippen LogP contribution >= 0.6 is 12.4 Å². The van der Waals surface area contributed by atoms with Crippen LogP contribution in [0.1, 0.15) is 12.8 Å². The molecule has 0 aromatic rings. The van der Waals surface area contributed by atoms with Gasteiger partial charge in [0.25, 0.3) is 6.43 Å². The highest BCUT2D eigenvalue weighted by Gasteiger charge is 2.33. The molecule has 1 aliphatic carbocycles. The lowest BCUT2D eigenvalue weighted by molar-refractivity contribution is -0.132. The molecule has 0 saturated heterocycles. The molecule has 0 atom stereocenters. The molecule has 0 unspecified atom stereocenters. The van der Waals surface area contributed by atoms with E-state index in [-0.39, 0.29) is 30.9 Å². The Labute approximate surface area is 106 Å². The highest BCUT2D eigenvalue weighted by Crippen LogP contribution is 2.27. The third-order valence-corrected chi connectivity index (χ3v) is 2.40. The summed E-state index contributed by atoms with van der Waals surface area (Å²) in [7, 11) is 1.57. The first-order valence-corrected chi connectivity index (χ1v) is 5.42. The van der Waals surface area contributed by atoms with Crippen molar-refractivity contribution >= 4 is 18.3 Å². The zero-order chi connectivity index (χ0) is 12.0. The molecule has 1 aliphatic rings. The summed E-state index contributed by atoms with van der Waals surface area (Å²) in [5, 5.41) is 2.86. The van der Waals surface area contributed by atoms with Crippen molar-refractivity contribution in [3.05, 3.63) is 0 Å². The Hall–Kier alpha value is -0.460. The van der Waals surface area contributed by atoms with Crippen LogP contribution in [0.5, 0.6) is 0 Å². The van der Waals surface area contributed by atoms with Crippen molar-refractivity contribution in [1.29, 1.82) is 0 Å². The molecule has 1 saturated carbocycles. The highest BCUT2D eigenvalue weighted by molar-refractivity contribution is 5.85. The first-order chi connectivity index (χ1) is 7.65. The average Bonchev–Trinajstić information content (AvgIpc) is 3.04. The zero-order valence-corrected chi connectivity index (χ0v) is 10.6. The summed E-state index contributed by atoms with van der Waals surface area (Å²) in [5.41, 5.74) is 0. The van der Waals surface area contributed by atoms with E-state index in [1.54, 1.807) is 7.11 Å². The van der Waals surface area contributed by atoms with Crippen LogP contribution in [0.15, 0.2) is 0 Å². The molecule has 0 spiro atoms. The van der Waals surface area contributed by atoms with E-state index in [9.17, 15) is 13.6 Å². The molecule has 4 nitrogen and oxygen atoms in total. The molecule has 0 aliphatic heterocycles. The number of hydrogen-bond acceptors (Lipinski definition) is 3. The lowest BCUT2D eigenvalue weighted by atomic mass is 10.4. The average molecular weight is 273 g/mol. The fraction of sp³-hybridized carbons (Fsp3) is 0.900. The summed E-state index contributed by atoms with van der Waals surface area (Å²) in [5.74, 6) is -0.251. The Kier molecular flexibility index (Phi) is 8.37. The fourth-order valence-corrected chi connectivity index (χ4v) is 1.46. The van der Waals surface area contributed by atoms with E-state index in [2.05, 4.69) is 5.32 Å². The lowest BCUT2D eigenvalue weighted by Crippen LogP contribution is -2.42. The monoisotopic (exact) mass is 272 g/mol. The van der Waals surface area contributed by atoms with E-state index < -0.39 is 13.0 Å². The molecule has 0 radical (unpaired) electrons. The SMILES string of the molecule is COCCNCC(=O)N(CC(F)F)C1CC1.Cl. The van der Waals surface area contributed by atoms with Gasteiger partial charge >= 0.3 is 0 Å². The zero-order valence-electron chi connectivity index (χ0n) is 9.83. The van der Waals surface area contributed by atoms with Crippen molar-refractivity contribution in [2.24, 2.45) is 0 Å². The van der Waals surface area contributed by atoms with Crippen LogP contribution < -0.4 is 5.32 Å². The van der Waals surface area contributed by atoms with E-state index in [0.717, 1.165) is 12.8 Å². The molecule has 7 heteroatoms. The summed E-state index contributed by atoms with van der Waals surface area (Å²) in [6.45, 7) is 0.711. The minimum absolute atomic E-state index is 0. The number of amides is 1. The van der Waals surface area contributed by atoms with Gasteiger partial charge in [0.2, 0.25) is 5.91 Å². The van der Waals surface area contributed by atoms with E-state index in [1.807, 2.05) is 0 Å². The van der Waals surface area contributed by atoms with Gasteiger partial charge in [-0.15, -0.1) is 12.4 Å². The number of methoxy groups -OCH3 is 1. The second kappa shape index (κ2) is 8.60. The van der Waals surface area contributed by atoms with E-state index in [1.165, 1.54) is 4.90 Å². The number of carbonyl (C=O) groups excluding carboxylic acids is 1. The molecule has 17 heavy (non-hydrogen) atoms. The molecule has 1 amide bonds. The van der Waals surface area contributed by atoms with E-state index >= 15 is 0 Å². The van der Waals surface area contributed by atoms with Crippen molar-refractivity contribution in [3.8, 4) is 0 Å². The summed E-state index contributed by atoms with van der Waals surface area (Å²) in [6.07, 6.45) is -0.768. The highest BCUT2D eigenvalue weighted by atomic mass is 35.5. The smallest absolute Gasteiger partial charge is 0.255 e. The Morgan fingerprint density at radius 3 is 2.65 bits per heavy atom. The van der Waals surface area contributed by atoms with E-state index in [4.69, 9.17) is 4.74 Å². The maximum Gasteiger partial charge on any atom is 0.255 e.